The summed E-state index contributed by atoms with van der Waals surface area (Å²) in [6.45, 7) is -3.08. The third kappa shape index (κ3) is 2.78. The molecule has 1 aliphatic rings. The van der Waals surface area contributed by atoms with Crippen molar-refractivity contribution in [2.75, 3.05) is 0 Å². The van der Waals surface area contributed by atoms with E-state index in [9.17, 15) is 13.2 Å². The predicted octanol–water partition coefficient (Wildman–Crippen LogP) is 3.21. The summed E-state index contributed by atoms with van der Waals surface area (Å²) in [6.07, 6.45) is 3.40. The lowest BCUT2D eigenvalue weighted by Gasteiger charge is -2.17. The Bertz CT molecular complexity index is 669. The number of hydrogen-bond donors (Lipinski definition) is 1. The summed E-state index contributed by atoms with van der Waals surface area (Å²) in [7, 11) is 0. The summed E-state index contributed by atoms with van der Waals surface area (Å²) in [6, 6.07) is 3.20. The SMILES string of the molecule is NC1(c2noc(-c3ccc(F)cc3OC(F)F)n2)CCCC1. The van der Waals surface area contributed by atoms with Crippen LogP contribution in [0.1, 0.15) is 31.5 Å². The Morgan fingerprint density at radius 3 is 2.68 bits per heavy atom. The molecule has 1 aliphatic carbocycles. The molecular weight excluding hydrogens is 299 g/mol. The smallest absolute Gasteiger partial charge is 0.387 e. The van der Waals surface area contributed by atoms with Crippen molar-refractivity contribution >= 4 is 0 Å². The van der Waals surface area contributed by atoms with Crippen LogP contribution >= 0.6 is 0 Å². The van der Waals surface area contributed by atoms with Crippen LogP contribution in [0.2, 0.25) is 0 Å². The summed E-state index contributed by atoms with van der Waals surface area (Å²) in [5, 5.41) is 3.84. The molecule has 3 rings (SSSR count). The molecule has 0 amide bonds. The Labute approximate surface area is 124 Å². The minimum atomic E-state index is -3.08. The van der Waals surface area contributed by atoms with Crippen LogP contribution in [0, 0.1) is 5.82 Å². The van der Waals surface area contributed by atoms with Gasteiger partial charge in [0.2, 0.25) is 0 Å². The first kappa shape index (κ1) is 14.8. The molecule has 22 heavy (non-hydrogen) atoms. The maximum absolute atomic E-state index is 13.2. The van der Waals surface area contributed by atoms with Gasteiger partial charge in [-0.15, -0.1) is 0 Å². The molecule has 5 nitrogen and oxygen atoms in total. The second kappa shape index (κ2) is 5.60. The predicted molar refractivity (Wildman–Crippen MR) is 70.7 cm³/mol. The first-order chi connectivity index (χ1) is 10.5. The number of nitrogens with two attached hydrogens (primary N) is 1. The molecular formula is C14H14F3N3O2. The second-order valence-corrected chi connectivity index (χ2v) is 5.31. The average Bonchev–Trinajstić information content (AvgIpc) is 3.08. The van der Waals surface area contributed by atoms with Crippen LogP contribution in [0.4, 0.5) is 13.2 Å². The molecule has 1 aromatic carbocycles. The highest BCUT2D eigenvalue weighted by atomic mass is 19.3. The summed E-state index contributed by atoms with van der Waals surface area (Å²) in [4.78, 5) is 4.18. The van der Waals surface area contributed by atoms with Gasteiger partial charge >= 0.3 is 6.61 Å². The Kier molecular flexibility index (Phi) is 3.78. The minimum Gasteiger partial charge on any atom is -0.434 e. The van der Waals surface area contributed by atoms with E-state index in [2.05, 4.69) is 14.9 Å². The molecule has 118 valence electrons. The molecule has 0 unspecified atom stereocenters. The normalized spacial score (nSPS) is 17.1. The van der Waals surface area contributed by atoms with Crippen molar-refractivity contribution in [3.05, 3.63) is 29.8 Å². The number of halogens is 3. The van der Waals surface area contributed by atoms with E-state index in [1.165, 1.54) is 6.07 Å². The molecule has 0 bridgehead atoms. The number of alkyl halides is 2. The van der Waals surface area contributed by atoms with Gasteiger partial charge < -0.3 is 15.0 Å². The third-order valence-electron chi connectivity index (χ3n) is 3.76. The fourth-order valence-corrected chi connectivity index (χ4v) is 2.63. The number of ether oxygens (including phenoxy) is 1. The highest BCUT2D eigenvalue weighted by Crippen LogP contribution is 2.37. The van der Waals surface area contributed by atoms with E-state index in [1.807, 2.05) is 0 Å². The van der Waals surface area contributed by atoms with Gasteiger partial charge in [-0.25, -0.2) is 4.39 Å². The number of rotatable bonds is 4. The maximum Gasteiger partial charge on any atom is 0.387 e. The van der Waals surface area contributed by atoms with Gasteiger partial charge in [0.1, 0.15) is 11.6 Å². The van der Waals surface area contributed by atoms with Gasteiger partial charge in [-0.3, -0.25) is 0 Å². The molecule has 0 aliphatic heterocycles. The number of hydrogen-bond acceptors (Lipinski definition) is 5. The molecule has 1 saturated carbocycles. The molecule has 0 atom stereocenters. The zero-order valence-electron chi connectivity index (χ0n) is 11.6. The Balaban J connectivity index is 1.96. The Hall–Kier alpha value is -2.09. The van der Waals surface area contributed by atoms with Crippen molar-refractivity contribution in [2.45, 2.75) is 37.8 Å². The highest BCUT2D eigenvalue weighted by Gasteiger charge is 2.36. The van der Waals surface area contributed by atoms with E-state index in [0.29, 0.717) is 5.82 Å². The lowest BCUT2D eigenvalue weighted by Crippen LogP contribution is -2.34. The average molecular weight is 313 g/mol. The molecule has 1 aromatic heterocycles. The van der Waals surface area contributed by atoms with E-state index in [-0.39, 0.29) is 17.2 Å². The summed E-state index contributed by atoms with van der Waals surface area (Å²) in [5.74, 6) is -0.761. The second-order valence-electron chi connectivity index (χ2n) is 5.31. The van der Waals surface area contributed by atoms with Crippen molar-refractivity contribution in [3.8, 4) is 17.2 Å². The van der Waals surface area contributed by atoms with E-state index in [1.54, 1.807) is 0 Å². The third-order valence-corrected chi connectivity index (χ3v) is 3.76. The van der Waals surface area contributed by atoms with Gasteiger partial charge in [-0.2, -0.15) is 13.8 Å². The molecule has 1 fully saturated rings. The molecule has 0 saturated heterocycles. The minimum absolute atomic E-state index is 0.0256. The summed E-state index contributed by atoms with van der Waals surface area (Å²) >= 11 is 0. The lowest BCUT2D eigenvalue weighted by atomic mass is 9.99. The summed E-state index contributed by atoms with van der Waals surface area (Å²) in [5.41, 5.74) is 5.66. The quantitative estimate of drug-likeness (QED) is 0.938. The fourth-order valence-electron chi connectivity index (χ4n) is 2.63. The van der Waals surface area contributed by atoms with E-state index < -0.39 is 18.0 Å². The van der Waals surface area contributed by atoms with Crippen LogP contribution in [0.3, 0.4) is 0 Å². The zero-order valence-corrected chi connectivity index (χ0v) is 11.6. The largest absolute Gasteiger partial charge is 0.434 e. The van der Waals surface area contributed by atoms with Gasteiger partial charge in [0.05, 0.1) is 11.1 Å². The molecule has 2 aromatic rings. The summed E-state index contributed by atoms with van der Waals surface area (Å²) < 4.78 is 47.5. The molecule has 0 spiro atoms. The van der Waals surface area contributed by atoms with Crippen molar-refractivity contribution in [3.63, 3.8) is 0 Å². The van der Waals surface area contributed by atoms with Gasteiger partial charge in [0.25, 0.3) is 5.89 Å². The van der Waals surface area contributed by atoms with Gasteiger partial charge in [0.15, 0.2) is 5.82 Å². The monoisotopic (exact) mass is 313 g/mol. The lowest BCUT2D eigenvalue weighted by molar-refractivity contribution is -0.0496. The maximum atomic E-state index is 13.2. The highest BCUT2D eigenvalue weighted by molar-refractivity contribution is 5.62. The fraction of sp³-hybridized carbons (Fsp3) is 0.429. The van der Waals surface area contributed by atoms with Crippen molar-refractivity contribution in [2.24, 2.45) is 5.73 Å². The number of aromatic nitrogens is 2. The van der Waals surface area contributed by atoms with Crippen LogP contribution in [0.25, 0.3) is 11.5 Å². The topological polar surface area (TPSA) is 74.2 Å². The van der Waals surface area contributed by atoms with E-state index >= 15 is 0 Å². The van der Waals surface area contributed by atoms with Gasteiger partial charge in [0, 0.05) is 6.07 Å². The first-order valence-electron chi connectivity index (χ1n) is 6.86. The van der Waals surface area contributed by atoms with Gasteiger partial charge in [-0.1, -0.05) is 18.0 Å². The van der Waals surface area contributed by atoms with Crippen LogP contribution in [0.5, 0.6) is 5.75 Å². The van der Waals surface area contributed by atoms with Crippen LogP contribution in [-0.2, 0) is 5.54 Å². The van der Waals surface area contributed by atoms with Crippen LogP contribution < -0.4 is 10.5 Å². The van der Waals surface area contributed by atoms with Crippen molar-refractivity contribution in [1.82, 2.24) is 10.1 Å². The standard InChI is InChI=1S/C14H14F3N3O2/c15-8-3-4-9(10(7-8)21-13(16)17)11-19-12(20-22-11)14(18)5-1-2-6-14/h3-4,7,13H,1-2,5-6,18H2. The van der Waals surface area contributed by atoms with Crippen LogP contribution in [-0.4, -0.2) is 16.8 Å². The molecule has 0 radical (unpaired) electrons. The van der Waals surface area contributed by atoms with E-state index in [0.717, 1.165) is 37.8 Å². The first-order valence-corrected chi connectivity index (χ1v) is 6.86. The van der Waals surface area contributed by atoms with Crippen molar-refractivity contribution < 1.29 is 22.4 Å². The van der Waals surface area contributed by atoms with Crippen molar-refractivity contribution in [1.29, 1.82) is 0 Å². The van der Waals surface area contributed by atoms with Crippen LogP contribution in [0.15, 0.2) is 22.7 Å². The molecule has 2 N–H and O–H groups in total. The van der Waals surface area contributed by atoms with E-state index in [4.69, 9.17) is 10.3 Å². The number of benzene rings is 1. The Morgan fingerprint density at radius 2 is 2.00 bits per heavy atom. The zero-order chi connectivity index (χ0) is 15.7. The molecule has 8 heteroatoms. The number of nitrogens with zero attached hydrogens (tertiary/aromatic N) is 2. The van der Waals surface area contributed by atoms with Gasteiger partial charge in [-0.05, 0) is 25.0 Å². The molecule has 1 heterocycles. The Morgan fingerprint density at radius 1 is 1.27 bits per heavy atom.